The minimum atomic E-state index is -0.629. The van der Waals surface area contributed by atoms with Crippen molar-refractivity contribution in [2.45, 2.75) is 6.92 Å². The monoisotopic (exact) mass is 547 g/mol. The number of nitriles is 1. The summed E-state index contributed by atoms with van der Waals surface area (Å²) < 4.78 is 5.49. The van der Waals surface area contributed by atoms with Crippen LogP contribution in [0.25, 0.3) is 6.08 Å². The molecule has 0 aliphatic heterocycles. The maximum Gasteiger partial charge on any atom is 0.266 e. The number of ether oxygens (including phenoxy) is 1. The number of amides is 2. The Morgan fingerprint density at radius 3 is 2.26 bits per heavy atom. The molecule has 3 aromatic carbocycles. The summed E-state index contributed by atoms with van der Waals surface area (Å²) in [6.07, 6.45) is 1.33. The molecule has 0 radical (unpaired) electrons. The Hall–Kier alpha value is -3.21. The van der Waals surface area contributed by atoms with Crippen molar-refractivity contribution in [2.24, 2.45) is 0 Å². The topological polar surface area (TPSA) is 91.2 Å². The minimum absolute atomic E-state index is 0.0875. The van der Waals surface area contributed by atoms with Gasteiger partial charge in [-0.1, -0.05) is 58.5 Å². The highest BCUT2D eigenvalue weighted by atomic mass is 35.5. The van der Waals surface area contributed by atoms with Crippen molar-refractivity contribution in [3.8, 4) is 11.8 Å². The summed E-state index contributed by atoms with van der Waals surface area (Å²) in [6.45, 7) is 1.50. The van der Waals surface area contributed by atoms with Crippen LogP contribution in [0.5, 0.6) is 5.75 Å². The maximum absolute atomic E-state index is 12.5. The standard InChI is InChI=1S/C25H17Cl4N3O3/c1-14-5-6-19(11-20(14)27)31-23(33)13-35-24-21(28)8-15(9-22(24)29)7-16(12-30)25(34)32-18-4-2-3-17(26)10-18/h2-11H,13H2,1H3,(H,31,33)(H,32,34)/b16-7-. The predicted octanol–water partition coefficient (Wildman–Crippen LogP) is 7.17. The first-order valence-electron chi connectivity index (χ1n) is 10.0. The number of nitrogens with zero attached hydrogens (tertiary/aromatic N) is 1. The molecule has 0 fully saturated rings. The average Bonchev–Trinajstić information content (AvgIpc) is 2.79. The number of anilines is 2. The number of benzene rings is 3. The Kier molecular flexibility index (Phi) is 9.02. The van der Waals surface area contributed by atoms with Gasteiger partial charge in [-0.25, -0.2) is 0 Å². The number of nitrogens with one attached hydrogen (secondary N) is 2. The third-order valence-corrected chi connectivity index (χ3v) is 5.79. The van der Waals surface area contributed by atoms with E-state index in [1.165, 1.54) is 18.2 Å². The summed E-state index contributed by atoms with van der Waals surface area (Å²) in [5.74, 6) is -0.981. The quantitative estimate of drug-likeness (QED) is 0.242. The molecule has 0 unspecified atom stereocenters. The molecule has 0 saturated heterocycles. The Labute approximate surface area is 222 Å². The summed E-state index contributed by atoms with van der Waals surface area (Å²) in [6, 6.07) is 16.4. The zero-order valence-corrected chi connectivity index (χ0v) is 21.2. The van der Waals surface area contributed by atoms with Crippen LogP contribution in [0.15, 0.2) is 60.2 Å². The average molecular weight is 549 g/mol. The van der Waals surface area contributed by atoms with E-state index in [-0.39, 0.29) is 28.0 Å². The lowest BCUT2D eigenvalue weighted by atomic mass is 10.1. The van der Waals surface area contributed by atoms with Gasteiger partial charge in [0.1, 0.15) is 11.6 Å². The number of rotatable bonds is 7. The van der Waals surface area contributed by atoms with Gasteiger partial charge in [-0.2, -0.15) is 5.26 Å². The van der Waals surface area contributed by atoms with Gasteiger partial charge < -0.3 is 15.4 Å². The minimum Gasteiger partial charge on any atom is -0.481 e. The molecular weight excluding hydrogens is 532 g/mol. The van der Waals surface area contributed by atoms with Crippen LogP contribution in [-0.4, -0.2) is 18.4 Å². The predicted molar refractivity (Wildman–Crippen MR) is 140 cm³/mol. The van der Waals surface area contributed by atoms with E-state index < -0.39 is 11.8 Å². The molecular formula is C25H17Cl4N3O3. The number of aryl methyl sites for hydroxylation is 1. The lowest BCUT2D eigenvalue weighted by molar-refractivity contribution is -0.118. The SMILES string of the molecule is Cc1ccc(NC(=O)COc2c(Cl)cc(/C=C(/C#N)C(=O)Nc3cccc(Cl)c3)cc2Cl)cc1Cl. The number of carbonyl (C=O) groups excluding carboxylic acids is 2. The van der Waals surface area contributed by atoms with E-state index in [0.29, 0.717) is 27.0 Å². The van der Waals surface area contributed by atoms with Crippen molar-refractivity contribution < 1.29 is 14.3 Å². The van der Waals surface area contributed by atoms with Crippen molar-refractivity contribution in [1.29, 1.82) is 5.26 Å². The van der Waals surface area contributed by atoms with E-state index in [0.717, 1.165) is 5.56 Å². The normalized spacial score (nSPS) is 10.9. The fraction of sp³-hybridized carbons (Fsp3) is 0.0800. The second-order valence-corrected chi connectivity index (χ2v) is 8.91. The molecule has 0 aliphatic carbocycles. The van der Waals surface area contributed by atoms with Crippen LogP contribution in [0, 0.1) is 18.3 Å². The van der Waals surface area contributed by atoms with Gasteiger partial charge in [0.2, 0.25) is 0 Å². The van der Waals surface area contributed by atoms with Crippen LogP contribution < -0.4 is 15.4 Å². The highest BCUT2D eigenvalue weighted by Gasteiger charge is 2.14. The molecule has 0 spiro atoms. The van der Waals surface area contributed by atoms with Gasteiger partial charge in [-0.15, -0.1) is 0 Å². The number of halogens is 4. The molecule has 0 saturated carbocycles. The van der Waals surface area contributed by atoms with Crippen LogP contribution in [0.2, 0.25) is 20.1 Å². The van der Waals surface area contributed by atoms with Crippen molar-refractivity contribution in [3.63, 3.8) is 0 Å². The van der Waals surface area contributed by atoms with E-state index in [1.54, 1.807) is 42.5 Å². The lowest BCUT2D eigenvalue weighted by Crippen LogP contribution is -2.20. The lowest BCUT2D eigenvalue weighted by Gasteiger charge is -2.12. The van der Waals surface area contributed by atoms with E-state index in [9.17, 15) is 14.9 Å². The van der Waals surface area contributed by atoms with E-state index in [2.05, 4.69) is 10.6 Å². The van der Waals surface area contributed by atoms with E-state index in [4.69, 9.17) is 51.1 Å². The molecule has 2 amide bonds. The molecule has 3 aromatic rings. The van der Waals surface area contributed by atoms with E-state index >= 15 is 0 Å². The fourth-order valence-electron chi connectivity index (χ4n) is 2.89. The van der Waals surface area contributed by atoms with Crippen LogP contribution in [0.3, 0.4) is 0 Å². The Morgan fingerprint density at radius 2 is 1.63 bits per heavy atom. The van der Waals surface area contributed by atoms with E-state index in [1.807, 2.05) is 13.0 Å². The maximum atomic E-state index is 12.5. The largest absolute Gasteiger partial charge is 0.481 e. The first-order chi connectivity index (χ1) is 16.7. The second-order valence-electron chi connectivity index (χ2n) is 7.25. The van der Waals surface area contributed by atoms with Gasteiger partial charge in [0, 0.05) is 21.4 Å². The van der Waals surface area contributed by atoms with Crippen LogP contribution in [0.4, 0.5) is 11.4 Å². The van der Waals surface area contributed by atoms with Gasteiger partial charge in [0.15, 0.2) is 12.4 Å². The van der Waals surface area contributed by atoms with Crippen molar-refractivity contribution in [2.75, 3.05) is 17.2 Å². The molecule has 10 heteroatoms. The van der Waals surface area contributed by atoms with Crippen molar-refractivity contribution in [3.05, 3.63) is 91.4 Å². The number of hydrogen-bond acceptors (Lipinski definition) is 4. The zero-order valence-electron chi connectivity index (χ0n) is 18.2. The first-order valence-corrected chi connectivity index (χ1v) is 11.5. The molecule has 0 aromatic heterocycles. The molecule has 3 rings (SSSR count). The Morgan fingerprint density at radius 1 is 0.943 bits per heavy atom. The Bertz CT molecular complexity index is 1340. The third kappa shape index (κ3) is 7.38. The molecule has 0 bridgehead atoms. The van der Waals surface area contributed by atoms with Gasteiger partial charge in [0.25, 0.3) is 11.8 Å². The zero-order chi connectivity index (χ0) is 25.5. The summed E-state index contributed by atoms with van der Waals surface area (Å²) in [5.41, 5.74) is 2.06. The number of carbonyl (C=O) groups is 2. The molecule has 35 heavy (non-hydrogen) atoms. The molecule has 2 N–H and O–H groups in total. The summed E-state index contributed by atoms with van der Waals surface area (Å²) >= 11 is 24.6. The molecule has 0 aliphatic rings. The van der Waals surface area contributed by atoms with Crippen molar-refractivity contribution in [1.82, 2.24) is 0 Å². The summed E-state index contributed by atoms with van der Waals surface area (Å²) in [5, 5.41) is 15.9. The van der Waals surface area contributed by atoms with Gasteiger partial charge in [-0.3, -0.25) is 9.59 Å². The fourth-order valence-corrected chi connectivity index (χ4v) is 3.87. The highest BCUT2D eigenvalue weighted by Crippen LogP contribution is 2.35. The van der Waals surface area contributed by atoms with Gasteiger partial charge in [0.05, 0.1) is 10.0 Å². The molecule has 6 nitrogen and oxygen atoms in total. The number of hydrogen-bond donors (Lipinski definition) is 2. The van der Waals surface area contributed by atoms with Crippen LogP contribution >= 0.6 is 46.4 Å². The molecule has 178 valence electrons. The molecule has 0 atom stereocenters. The molecule has 0 heterocycles. The van der Waals surface area contributed by atoms with Crippen LogP contribution in [-0.2, 0) is 9.59 Å². The van der Waals surface area contributed by atoms with Gasteiger partial charge in [-0.05, 0) is 66.6 Å². The highest BCUT2D eigenvalue weighted by molar-refractivity contribution is 6.37. The summed E-state index contributed by atoms with van der Waals surface area (Å²) in [4.78, 5) is 24.7. The smallest absolute Gasteiger partial charge is 0.266 e. The third-order valence-electron chi connectivity index (χ3n) is 4.58. The van der Waals surface area contributed by atoms with Gasteiger partial charge >= 0.3 is 0 Å². The Balaban J connectivity index is 1.69. The first kappa shape index (κ1) is 26.4. The second kappa shape index (κ2) is 12.0. The van der Waals surface area contributed by atoms with Crippen LogP contribution in [0.1, 0.15) is 11.1 Å². The van der Waals surface area contributed by atoms with Crippen molar-refractivity contribution >= 4 is 75.7 Å². The summed E-state index contributed by atoms with van der Waals surface area (Å²) in [7, 11) is 0.